The van der Waals surface area contributed by atoms with Crippen LogP contribution in [0.2, 0.25) is 0 Å². The average Bonchev–Trinajstić information content (AvgIpc) is 3.51. The van der Waals surface area contributed by atoms with Gasteiger partial charge < -0.3 is 14.6 Å². The van der Waals surface area contributed by atoms with Gasteiger partial charge in [-0.3, -0.25) is 9.69 Å². The monoisotopic (exact) mass is 489 g/mol. The van der Waals surface area contributed by atoms with Gasteiger partial charge in [0.05, 0.1) is 12.3 Å². The first-order chi connectivity index (χ1) is 17.0. The van der Waals surface area contributed by atoms with E-state index in [1.165, 1.54) is 24.1 Å². The lowest BCUT2D eigenvalue weighted by atomic mass is 9.94. The summed E-state index contributed by atoms with van der Waals surface area (Å²) in [4.78, 5) is 18.8. The molecule has 35 heavy (non-hydrogen) atoms. The summed E-state index contributed by atoms with van der Waals surface area (Å²) in [7, 11) is 0. The molecule has 4 aromatic rings. The van der Waals surface area contributed by atoms with Crippen molar-refractivity contribution in [3.8, 4) is 0 Å². The standard InChI is InChI=1S/C28H28FN3O2S/c1-19-20(2)35-28(30-27(33)24-9-6-18-34-24)25(19)26(21-10-12-22(29)13-11-21)32-16-14-31(15-17-32)23-7-4-3-5-8-23/h3-13,18,26H,14-17H2,1-2H3,(H,30,33)/t26-/m0/s1. The molecule has 3 heterocycles. The van der Waals surface area contributed by atoms with E-state index in [-0.39, 0.29) is 23.5 Å². The second-order valence-electron chi connectivity index (χ2n) is 8.77. The van der Waals surface area contributed by atoms with Gasteiger partial charge in [0.2, 0.25) is 0 Å². The lowest BCUT2D eigenvalue weighted by Crippen LogP contribution is -2.48. The quantitative estimate of drug-likeness (QED) is 0.347. The summed E-state index contributed by atoms with van der Waals surface area (Å²) in [6, 6.07) is 20.4. The molecule has 1 N–H and O–H groups in total. The van der Waals surface area contributed by atoms with Crippen molar-refractivity contribution in [3.63, 3.8) is 0 Å². The van der Waals surface area contributed by atoms with E-state index < -0.39 is 0 Å². The first kappa shape index (κ1) is 23.3. The fourth-order valence-corrected chi connectivity index (χ4v) is 5.81. The fourth-order valence-electron chi connectivity index (χ4n) is 4.72. The van der Waals surface area contributed by atoms with Gasteiger partial charge in [0, 0.05) is 42.3 Å². The van der Waals surface area contributed by atoms with Gasteiger partial charge in [-0.2, -0.15) is 0 Å². The first-order valence-electron chi connectivity index (χ1n) is 11.8. The minimum Gasteiger partial charge on any atom is -0.459 e. The summed E-state index contributed by atoms with van der Waals surface area (Å²) >= 11 is 1.57. The van der Waals surface area contributed by atoms with Gasteiger partial charge in [-0.25, -0.2) is 4.39 Å². The Labute approximate surface area is 208 Å². The molecule has 0 bridgehead atoms. The average molecular weight is 490 g/mol. The maximum atomic E-state index is 13.8. The number of rotatable bonds is 6. The molecule has 0 spiro atoms. The first-order valence-corrected chi connectivity index (χ1v) is 12.6. The number of halogens is 1. The minimum atomic E-state index is -0.274. The van der Waals surface area contributed by atoms with Crippen LogP contribution in [0.1, 0.15) is 38.2 Å². The number of aryl methyl sites for hydroxylation is 1. The molecule has 2 aromatic heterocycles. The number of furan rings is 1. The van der Waals surface area contributed by atoms with Gasteiger partial charge >= 0.3 is 0 Å². The van der Waals surface area contributed by atoms with Crippen LogP contribution in [0.5, 0.6) is 0 Å². The van der Waals surface area contributed by atoms with E-state index in [0.29, 0.717) is 0 Å². The molecule has 180 valence electrons. The van der Waals surface area contributed by atoms with Crippen LogP contribution < -0.4 is 10.2 Å². The smallest absolute Gasteiger partial charge is 0.291 e. The van der Waals surface area contributed by atoms with Crippen molar-refractivity contribution in [2.75, 3.05) is 36.4 Å². The van der Waals surface area contributed by atoms with Crippen molar-refractivity contribution in [1.29, 1.82) is 0 Å². The molecular formula is C28H28FN3O2S. The normalized spacial score (nSPS) is 15.2. The Morgan fingerprint density at radius 1 is 0.971 bits per heavy atom. The van der Waals surface area contributed by atoms with Crippen molar-refractivity contribution < 1.29 is 13.6 Å². The van der Waals surface area contributed by atoms with Crippen molar-refractivity contribution >= 4 is 27.9 Å². The van der Waals surface area contributed by atoms with Crippen LogP contribution in [0.15, 0.2) is 77.4 Å². The summed E-state index contributed by atoms with van der Waals surface area (Å²) in [5, 5.41) is 3.89. The second-order valence-corrected chi connectivity index (χ2v) is 9.99. The highest BCUT2D eigenvalue weighted by atomic mass is 32.1. The van der Waals surface area contributed by atoms with Crippen molar-refractivity contribution in [2.24, 2.45) is 0 Å². The molecule has 1 saturated heterocycles. The van der Waals surface area contributed by atoms with Crippen LogP contribution in [0.25, 0.3) is 0 Å². The van der Waals surface area contributed by atoms with E-state index in [9.17, 15) is 9.18 Å². The summed E-state index contributed by atoms with van der Waals surface area (Å²) < 4.78 is 19.1. The molecule has 5 rings (SSSR count). The SMILES string of the molecule is Cc1sc(NC(=O)c2ccco2)c([C@H](c2ccc(F)cc2)N2CCN(c3ccccc3)CC2)c1C. The van der Waals surface area contributed by atoms with Crippen LogP contribution in [0.4, 0.5) is 15.1 Å². The summed E-state index contributed by atoms with van der Waals surface area (Å²) in [6.45, 7) is 7.63. The Morgan fingerprint density at radius 3 is 2.34 bits per heavy atom. The molecule has 1 aliphatic rings. The minimum absolute atomic E-state index is 0.106. The number of anilines is 2. The van der Waals surface area contributed by atoms with Crippen molar-refractivity contribution in [2.45, 2.75) is 19.9 Å². The highest BCUT2D eigenvalue weighted by Gasteiger charge is 2.32. The number of carbonyl (C=O) groups is 1. The molecule has 0 radical (unpaired) electrons. The summed E-state index contributed by atoms with van der Waals surface area (Å²) in [5.41, 5.74) is 4.44. The third-order valence-corrected chi connectivity index (χ3v) is 7.80. The maximum Gasteiger partial charge on any atom is 0.291 e. The Kier molecular flexibility index (Phi) is 6.70. The Balaban J connectivity index is 1.49. The number of thiophene rings is 1. The topological polar surface area (TPSA) is 48.7 Å². The predicted molar refractivity (Wildman–Crippen MR) is 139 cm³/mol. The number of piperazine rings is 1. The molecule has 1 atom stereocenters. The molecule has 0 unspecified atom stereocenters. The highest BCUT2D eigenvalue weighted by molar-refractivity contribution is 7.16. The van der Waals surface area contributed by atoms with E-state index in [0.717, 1.165) is 52.7 Å². The molecular weight excluding hydrogens is 461 g/mol. The van der Waals surface area contributed by atoms with E-state index in [1.807, 2.05) is 18.2 Å². The lowest BCUT2D eigenvalue weighted by molar-refractivity contribution is 0.0996. The zero-order valence-corrected chi connectivity index (χ0v) is 20.6. The molecule has 1 amide bonds. The zero-order chi connectivity index (χ0) is 24.4. The van der Waals surface area contributed by atoms with Crippen molar-refractivity contribution in [1.82, 2.24) is 4.90 Å². The van der Waals surface area contributed by atoms with Gasteiger partial charge in [-0.05, 0) is 61.4 Å². The largest absolute Gasteiger partial charge is 0.459 e. The molecule has 0 saturated carbocycles. The van der Waals surface area contributed by atoms with Gasteiger partial charge in [-0.1, -0.05) is 30.3 Å². The maximum absolute atomic E-state index is 13.8. The molecule has 0 aliphatic carbocycles. The van der Waals surface area contributed by atoms with Crippen LogP contribution in [-0.2, 0) is 0 Å². The Bertz CT molecular complexity index is 1280. The van der Waals surface area contributed by atoms with Gasteiger partial charge in [-0.15, -0.1) is 11.3 Å². The number of nitrogens with zero attached hydrogens (tertiary/aromatic N) is 2. The van der Waals surface area contributed by atoms with Crippen molar-refractivity contribution in [3.05, 3.63) is 106 Å². The highest BCUT2D eigenvalue weighted by Crippen LogP contribution is 2.43. The predicted octanol–water partition coefficient (Wildman–Crippen LogP) is 6.26. The number of amides is 1. The summed E-state index contributed by atoms with van der Waals surface area (Å²) in [6.07, 6.45) is 1.49. The molecule has 1 fully saturated rings. The van der Waals surface area contributed by atoms with Gasteiger partial charge in [0.1, 0.15) is 10.8 Å². The number of nitrogens with one attached hydrogen (secondary N) is 1. The van der Waals surface area contributed by atoms with E-state index in [2.05, 4.69) is 53.2 Å². The molecule has 5 nitrogen and oxygen atoms in total. The van der Waals surface area contributed by atoms with Crippen LogP contribution in [0, 0.1) is 19.7 Å². The fraction of sp³-hybridized carbons (Fsp3) is 0.250. The van der Waals surface area contributed by atoms with E-state index in [4.69, 9.17) is 4.42 Å². The number of hydrogen-bond acceptors (Lipinski definition) is 5. The summed E-state index contributed by atoms with van der Waals surface area (Å²) in [5.74, 6) is -0.260. The zero-order valence-electron chi connectivity index (χ0n) is 19.8. The molecule has 7 heteroatoms. The third kappa shape index (κ3) is 4.88. The molecule has 1 aliphatic heterocycles. The van der Waals surface area contributed by atoms with Gasteiger partial charge in [0.25, 0.3) is 5.91 Å². The number of para-hydroxylation sites is 1. The van der Waals surface area contributed by atoms with Gasteiger partial charge in [0.15, 0.2) is 5.76 Å². The van der Waals surface area contributed by atoms with E-state index >= 15 is 0 Å². The van der Waals surface area contributed by atoms with Crippen LogP contribution >= 0.6 is 11.3 Å². The second kappa shape index (κ2) is 10.1. The lowest BCUT2D eigenvalue weighted by Gasteiger charge is -2.41. The van der Waals surface area contributed by atoms with Crippen LogP contribution in [-0.4, -0.2) is 37.0 Å². The van der Waals surface area contributed by atoms with E-state index in [1.54, 1.807) is 23.5 Å². The number of hydrogen-bond donors (Lipinski definition) is 1. The third-order valence-electron chi connectivity index (χ3n) is 6.66. The Morgan fingerprint density at radius 2 is 1.69 bits per heavy atom. The molecule has 2 aromatic carbocycles. The van der Waals surface area contributed by atoms with Crippen LogP contribution in [0.3, 0.4) is 0 Å². The number of benzene rings is 2. The Hall–Kier alpha value is -3.42. The number of carbonyl (C=O) groups excluding carboxylic acids is 1.